The van der Waals surface area contributed by atoms with Gasteiger partial charge in [-0.25, -0.2) is 0 Å². The standard InChI is InChI=1S/C11H13N3O2/c15-14(16)8-6-9-10(12-7-8)3-5-13-4-1-2-11(9)13/h6-7,11H,1-5H2. The number of aromatic nitrogens is 1. The van der Waals surface area contributed by atoms with Crippen LogP contribution in [0.2, 0.25) is 0 Å². The van der Waals surface area contributed by atoms with Gasteiger partial charge in [0.25, 0.3) is 5.69 Å². The zero-order valence-corrected chi connectivity index (χ0v) is 8.93. The van der Waals surface area contributed by atoms with E-state index in [1.807, 2.05) is 0 Å². The molecule has 84 valence electrons. The molecule has 0 N–H and O–H groups in total. The van der Waals surface area contributed by atoms with Gasteiger partial charge in [-0.1, -0.05) is 0 Å². The minimum Gasteiger partial charge on any atom is -0.296 e. The first-order valence-electron chi connectivity index (χ1n) is 5.63. The summed E-state index contributed by atoms with van der Waals surface area (Å²) in [7, 11) is 0. The van der Waals surface area contributed by atoms with E-state index in [9.17, 15) is 10.1 Å². The summed E-state index contributed by atoms with van der Waals surface area (Å²) < 4.78 is 0. The summed E-state index contributed by atoms with van der Waals surface area (Å²) in [5.41, 5.74) is 2.25. The van der Waals surface area contributed by atoms with E-state index in [0.29, 0.717) is 6.04 Å². The number of hydrogen-bond acceptors (Lipinski definition) is 4. The molecule has 1 aromatic heterocycles. The maximum Gasteiger partial charge on any atom is 0.287 e. The third-order valence-corrected chi connectivity index (χ3v) is 3.56. The molecule has 1 atom stereocenters. The average molecular weight is 219 g/mol. The molecule has 0 amide bonds. The van der Waals surface area contributed by atoms with Crippen LogP contribution in [0, 0.1) is 10.1 Å². The second kappa shape index (κ2) is 3.52. The van der Waals surface area contributed by atoms with Gasteiger partial charge in [0.15, 0.2) is 0 Å². The zero-order chi connectivity index (χ0) is 11.1. The molecule has 1 unspecified atom stereocenters. The Morgan fingerprint density at radius 3 is 3.19 bits per heavy atom. The lowest BCUT2D eigenvalue weighted by atomic mass is 9.97. The summed E-state index contributed by atoms with van der Waals surface area (Å²) in [5.74, 6) is 0. The van der Waals surface area contributed by atoms with Crippen LogP contribution in [-0.2, 0) is 6.42 Å². The maximum absolute atomic E-state index is 10.7. The minimum atomic E-state index is -0.360. The van der Waals surface area contributed by atoms with Crippen molar-refractivity contribution in [3.05, 3.63) is 33.6 Å². The van der Waals surface area contributed by atoms with Gasteiger partial charge in [0.05, 0.1) is 4.92 Å². The highest BCUT2D eigenvalue weighted by Gasteiger charge is 2.32. The van der Waals surface area contributed by atoms with Gasteiger partial charge in [0.2, 0.25) is 0 Å². The number of fused-ring (bicyclic) bond motifs is 3. The van der Waals surface area contributed by atoms with E-state index in [1.165, 1.54) is 12.6 Å². The second-order valence-electron chi connectivity index (χ2n) is 4.43. The van der Waals surface area contributed by atoms with Crippen molar-refractivity contribution in [2.45, 2.75) is 25.3 Å². The summed E-state index contributed by atoms with van der Waals surface area (Å²) in [5, 5.41) is 10.7. The Hall–Kier alpha value is -1.49. The normalized spacial score (nSPS) is 23.9. The number of rotatable bonds is 1. The lowest BCUT2D eigenvalue weighted by Gasteiger charge is -2.30. The van der Waals surface area contributed by atoms with Gasteiger partial charge in [0.1, 0.15) is 6.20 Å². The van der Waals surface area contributed by atoms with Crippen molar-refractivity contribution in [1.82, 2.24) is 9.88 Å². The van der Waals surface area contributed by atoms with Crippen molar-refractivity contribution in [3.63, 3.8) is 0 Å². The topological polar surface area (TPSA) is 59.3 Å². The van der Waals surface area contributed by atoms with E-state index in [4.69, 9.17) is 0 Å². The summed E-state index contributed by atoms with van der Waals surface area (Å²) in [4.78, 5) is 17.0. The third kappa shape index (κ3) is 1.39. The molecule has 16 heavy (non-hydrogen) atoms. The minimum absolute atomic E-state index is 0.118. The van der Waals surface area contributed by atoms with Gasteiger partial charge in [0, 0.05) is 30.8 Å². The molecule has 5 heteroatoms. The maximum atomic E-state index is 10.7. The van der Waals surface area contributed by atoms with Crippen LogP contribution in [0.1, 0.15) is 30.1 Å². The predicted molar refractivity (Wildman–Crippen MR) is 58.1 cm³/mol. The van der Waals surface area contributed by atoms with Crippen LogP contribution < -0.4 is 0 Å². The van der Waals surface area contributed by atoms with Crippen LogP contribution in [0.25, 0.3) is 0 Å². The number of hydrogen-bond donors (Lipinski definition) is 0. The Morgan fingerprint density at radius 1 is 1.50 bits per heavy atom. The molecule has 3 rings (SSSR count). The first-order valence-corrected chi connectivity index (χ1v) is 5.63. The molecule has 2 aliphatic rings. The lowest BCUT2D eigenvalue weighted by Crippen LogP contribution is -2.31. The molecule has 1 fully saturated rings. The molecule has 0 aromatic carbocycles. The molecule has 2 aliphatic heterocycles. The smallest absolute Gasteiger partial charge is 0.287 e. The quantitative estimate of drug-likeness (QED) is 0.532. The third-order valence-electron chi connectivity index (χ3n) is 3.56. The van der Waals surface area contributed by atoms with Gasteiger partial charge in [-0.2, -0.15) is 0 Å². The van der Waals surface area contributed by atoms with Gasteiger partial charge in [-0.05, 0) is 24.9 Å². The SMILES string of the molecule is O=[N+]([O-])c1cnc2c(c1)C1CCCN1CC2. The molecular formula is C11H13N3O2. The Bertz CT molecular complexity index is 447. The van der Waals surface area contributed by atoms with Crippen molar-refractivity contribution >= 4 is 5.69 Å². The van der Waals surface area contributed by atoms with Crippen LogP contribution >= 0.6 is 0 Å². The van der Waals surface area contributed by atoms with Crippen LogP contribution in [0.4, 0.5) is 5.69 Å². The van der Waals surface area contributed by atoms with E-state index < -0.39 is 0 Å². The second-order valence-corrected chi connectivity index (χ2v) is 4.43. The Balaban J connectivity index is 2.05. The predicted octanol–water partition coefficient (Wildman–Crippen LogP) is 1.68. The monoisotopic (exact) mass is 219 g/mol. The Labute approximate surface area is 93.2 Å². The molecule has 0 aliphatic carbocycles. The Kier molecular flexibility index (Phi) is 2.14. The van der Waals surface area contributed by atoms with E-state index in [1.54, 1.807) is 6.07 Å². The van der Waals surface area contributed by atoms with E-state index >= 15 is 0 Å². The molecule has 5 nitrogen and oxygen atoms in total. The average Bonchev–Trinajstić information content (AvgIpc) is 2.76. The lowest BCUT2D eigenvalue weighted by molar-refractivity contribution is -0.385. The van der Waals surface area contributed by atoms with Gasteiger partial charge in [-0.3, -0.25) is 20.0 Å². The molecule has 0 saturated carbocycles. The van der Waals surface area contributed by atoms with Crippen molar-refractivity contribution in [3.8, 4) is 0 Å². The Morgan fingerprint density at radius 2 is 2.38 bits per heavy atom. The number of nitro groups is 1. The fourth-order valence-corrected chi connectivity index (χ4v) is 2.79. The first kappa shape index (κ1) is 9.72. The highest BCUT2D eigenvalue weighted by molar-refractivity contribution is 5.38. The largest absolute Gasteiger partial charge is 0.296 e. The summed E-state index contributed by atoms with van der Waals surface area (Å²) >= 11 is 0. The molecule has 0 bridgehead atoms. The first-order chi connectivity index (χ1) is 7.75. The van der Waals surface area contributed by atoms with Gasteiger partial charge < -0.3 is 0 Å². The molecule has 1 aromatic rings. The summed E-state index contributed by atoms with van der Waals surface area (Å²) in [6, 6.07) is 2.08. The molecule has 0 spiro atoms. The zero-order valence-electron chi connectivity index (χ0n) is 8.93. The summed E-state index contributed by atoms with van der Waals surface area (Å²) in [6.07, 6.45) is 4.59. The fourth-order valence-electron chi connectivity index (χ4n) is 2.79. The van der Waals surface area contributed by atoms with Crippen molar-refractivity contribution in [2.75, 3.05) is 13.1 Å². The number of nitrogens with zero attached hydrogens (tertiary/aromatic N) is 3. The molecular weight excluding hydrogens is 206 g/mol. The van der Waals surface area contributed by atoms with Gasteiger partial charge >= 0.3 is 0 Å². The number of pyridine rings is 1. The molecule has 0 radical (unpaired) electrons. The summed E-state index contributed by atoms with van der Waals surface area (Å²) in [6.45, 7) is 2.16. The highest BCUT2D eigenvalue weighted by Crippen LogP contribution is 2.37. The van der Waals surface area contributed by atoms with Crippen molar-refractivity contribution in [1.29, 1.82) is 0 Å². The van der Waals surface area contributed by atoms with E-state index in [2.05, 4.69) is 9.88 Å². The molecule has 1 saturated heterocycles. The van der Waals surface area contributed by atoms with E-state index in [0.717, 1.165) is 37.2 Å². The van der Waals surface area contributed by atoms with Crippen LogP contribution in [0.15, 0.2) is 12.3 Å². The van der Waals surface area contributed by atoms with Crippen LogP contribution in [0.5, 0.6) is 0 Å². The molecule has 3 heterocycles. The van der Waals surface area contributed by atoms with Crippen molar-refractivity contribution < 1.29 is 4.92 Å². The fraction of sp³-hybridized carbons (Fsp3) is 0.545. The highest BCUT2D eigenvalue weighted by atomic mass is 16.6. The van der Waals surface area contributed by atoms with Crippen LogP contribution in [-0.4, -0.2) is 27.9 Å². The van der Waals surface area contributed by atoms with Crippen LogP contribution in [0.3, 0.4) is 0 Å². The van der Waals surface area contributed by atoms with E-state index in [-0.39, 0.29) is 10.6 Å². The van der Waals surface area contributed by atoms with Gasteiger partial charge in [-0.15, -0.1) is 0 Å². The van der Waals surface area contributed by atoms with Crippen molar-refractivity contribution in [2.24, 2.45) is 0 Å².